The van der Waals surface area contributed by atoms with Gasteiger partial charge in [0, 0.05) is 11.6 Å². The standard InChI is InChI=1S/C13H12O4/c14-9-3-1-8(2-4-9)13(17)11-6-5-10(15)7-12(11)16/h1-7,13-17H. The summed E-state index contributed by atoms with van der Waals surface area (Å²) < 4.78 is 0. The van der Waals surface area contributed by atoms with Crippen molar-refractivity contribution >= 4 is 0 Å². The maximum absolute atomic E-state index is 10.0. The van der Waals surface area contributed by atoms with E-state index >= 15 is 0 Å². The predicted octanol–water partition coefficient (Wildman–Crippen LogP) is 1.89. The average Bonchev–Trinajstić information content (AvgIpc) is 2.29. The summed E-state index contributed by atoms with van der Waals surface area (Å²) in [6.07, 6.45) is -1.00. The SMILES string of the molecule is Oc1ccc(C(O)c2ccc(O)cc2O)cc1. The first kappa shape index (κ1) is 11.3. The molecule has 0 fully saturated rings. The summed E-state index contributed by atoms with van der Waals surface area (Å²) in [4.78, 5) is 0. The largest absolute Gasteiger partial charge is 0.508 e. The van der Waals surface area contributed by atoms with Gasteiger partial charge in [0.2, 0.25) is 0 Å². The van der Waals surface area contributed by atoms with Crippen molar-refractivity contribution in [3.05, 3.63) is 53.6 Å². The molecule has 0 aliphatic heterocycles. The van der Waals surface area contributed by atoms with Gasteiger partial charge in [0.05, 0.1) is 0 Å². The molecule has 17 heavy (non-hydrogen) atoms. The van der Waals surface area contributed by atoms with Crippen molar-refractivity contribution < 1.29 is 20.4 Å². The number of benzene rings is 2. The van der Waals surface area contributed by atoms with Crippen molar-refractivity contribution in [2.75, 3.05) is 0 Å². The summed E-state index contributed by atoms with van der Waals surface area (Å²) in [6.45, 7) is 0. The average molecular weight is 232 g/mol. The monoisotopic (exact) mass is 232 g/mol. The lowest BCUT2D eigenvalue weighted by Crippen LogP contribution is -1.99. The van der Waals surface area contributed by atoms with E-state index in [1.165, 1.54) is 30.3 Å². The Morgan fingerprint density at radius 3 is 1.94 bits per heavy atom. The first-order valence-corrected chi connectivity index (χ1v) is 5.07. The van der Waals surface area contributed by atoms with Crippen LogP contribution < -0.4 is 0 Å². The highest BCUT2D eigenvalue weighted by Gasteiger charge is 2.14. The lowest BCUT2D eigenvalue weighted by atomic mass is 10.0. The summed E-state index contributed by atoms with van der Waals surface area (Å²) in [5.41, 5.74) is 0.845. The van der Waals surface area contributed by atoms with Gasteiger partial charge in [-0.05, 0) is 29.8 Å². The molecule has 2 aromatic carbocycles. The summed E-state index contributed by atoms with van der Waals surface area (Å²) in [5.74, 6) is -0.134. The van der Waals surface area contributed by atoms with Gasteiger partial charge in [-0.2, -0.15) is 0 Å². The first-order chi connectivity index (χ1) is 8.08. The second kappa shape index (κ2) is 4.35. The molecule has 0 bridgehead atoms. The summed E-state index contributed by atoms with van der Waals surface area (Å²) in [7, 11) is 0. The third kappa shape index (κ3) is 2.32. The number of aliphatic hydroxyl groups excluding tert-OH is 1. The van der Waals surface area contributed by atoms with Crippen molar-refractivity contribution in [3.63, 3.8) is 0 Å². The lowest BCUT2D eigenvalue weighted by molar-refractivity contribution is 0.215. The van der Waals surface area contributed by atoms with Gasteiger partial charge >= 0.3 is 0 Å². The zero-order valence-electron chi connectivity index (χ0n) is 8.91. The Kier molecular flexibility index (Phi) is 2.89. The second-order valence-electron chi connectivity index (χ2n) is 3.74. The van der Waals surface area contributed by atoms with Crippen molar-refractivity contribution in [2.45, 2.75) is 6.10 Å². The maximum atomic E-state index is 10.0. The molecule has 0 aliphatic carbocycles. The van der Waals surface area contributed by atoms with Gasteiger partial charge in [-0.15, -0.1) is 0 Å². The van der Waals surface area contributed by atoms with Crippen LogP contribution in [0.5, 0.6) is 17.2 Å². The van der Waals surface area contributed by atoms with Crippen LogP contribution in [0.3, 0.4) is 0 Å². The summed E-state index contributed by atoms with van der Waals surface area (Å²) >= 11 is 0. The molecule has 0 heterocycles. The molecule has 1 atom stereocenters. The molecular weight excluding hydrogens is 220 g/mol. The van der Waals surface area contributed by atoms with Gasteiger partial charge in [0.25, 0.3) is 0 Å². The van der Waals surface area contributed by atoms with Crippen LogP contribution in [0, 0.1) is 0 Å². The van der Waals surface area contributed by atoms with E-state index in [0.717, 1.165) is 0 Å². The number of phenols is 3. The molecule has 4 heteroatoms. The van der Waals surface area contributed by atoms with Gasteiger partial charge in [-0.3, -0.25) is 0 Å². The molecule has 88 valence electrons. The van der Waals surface area contributed by atoms with E-state index in [9.17, 15) is 10.2 Å². The Morgan fingerprint density at radius 2 is 1.35 bits per heavy atom. The number of aromatic hydroxyl groups is 3. The Bertz CT molecular complexity index is 519. The van der Waals surface area contributed by atoms with Crippen LogP contribution in [0.25, 0.3) is 0 Å². The Morgan fingerprint density at radius 1 is 0.765 bits per heavy atom. The van der Waals surface area contributed by atoms with Crippen LogP contribution in [0.1, 0.15) is 17.2 Å². The molecule has 2 aromatic rings. The molecule has 1 unspecified atom stereocenters. The molecule has 0 aliphatic rings. The normalized spacial score (nSPS) is 12.3. The topological polar surface area (TPSA) is 80.9 Å². The fraction of sp³-hybridized carbons (Fsp3) is 0.0769. The second-order valence-corrected chi connectivity index (χ2v) is 3.74. The van der Waals surface area contributed by atoms with Gasteiger partial charge in [-0.25, -0.2) is 0 Å². The molecule has 0 radical (unpaired) electrons. The smallest absolute Gasteiger partial charge is 0.125 e. The minimum Gasteiger partial charge on any atom is -0.508 e. The van der Waals surface area contributed by atoms with Gasteiger partial charge in [0.1, 0.15) is 23.4 Å². The van der Waals surface area contributed by atoms with E-state index in [4.69, 9.17) is 10.2 Å². The van der Waals surface area contributed by atoms with Crippen LogP contribution in [0.2, 0.25) is 0 Å². The van der Waals surface area contributed by atoms with Gasteiger partial charge in [-0.1, -0.05) is 12.1 Å². The van der Waals surface area contributed by atoms with Crippen LogP contribution in [-0.2, 0) is 0 Å². The Labute approximate surface area is 98.0 Å². The maximum Gasteiger partial charge on any atom is 0.125 e. The van der Waals surface area contributed by atoms with Crippen molar-refractivity contribution in [1.29, 1.82) is 0 Å². The number of hydrogen-bond donors (Lipinski definition) is 4. The van der Waals surface area contributed by atoms with E-state index in [-0.39, 0.29) is 17.2 Å². The third-order valence-corrected chi connectivity index (χ3v) is 2.52. The fourth-order valence-corrected chi connectivity index (χ4v) is 1.60. The van der Waals surface area contributed by atoms with Crippen molar-refractivity contribution in [3.8, 4) is 17.2 Å². The van der Waals surface area contributed by atoms with Gasteiger partial charge < -0.3 is 20.4 Å². The van der Waals surface area contributed by atoms with Crippen molar-refractivity contribution in [1.82, 2.24) is 0 Å². The fourth-order valence-electron chi connectivity index (χ4n) is 1.60. The van der Waals surface area contributed by atoms with Crippen LogP contribution in [0.4, 0.5) is 0 Å². The number of rotatable bonds is 2. The third-order valence-electron chi connectivity index (χ3n) is 2.52. The highest BCUT2D eigenvalue weighted by Crippen LogP contribution is 2.32. The molecule has 4 nitrogen and oxygen atoms in total. The molecule has 0 saturated carbocycles. The minimum absolute atomic E-state index is 0.0656. The molecular formula is C13H12O4. The van der Waals surface area contributed by atoms with Crippen LogP contribution >= 0.6 is 0 Å². The predicted molar refractivity (Wildman–Crippen MR) is 61.9 cm³/mol. The van der Waals surface area contributed by atoms with Crippen molar-refractivity contribution in [2.24, 2.45) is 0 Å². The van der Waals surface area contributed by atoms with Crippen LogP contribution in [-0.4, -0.2) is 20.4 Å². The van der Waals surface area contributed by atoms with E-state index in [1.807, 2.05) is 0 Å². The van der Waals surface area contributed by atoms with E-state index in [2.05, 4.69) is 0 Å². The molecule has 2 rings (SSSR count). The highest BCUT2D eigenvalue weighted by atomic mass is 16.3. The van der Waals surface area contributed by atoms with Crippen LogP contribution in [0.15, 0.2) is 42.5 Å². The van der Waals surface area contributed by atoms with E-state index in [1.54, 1.807) is 12.1 Å². The number of hydrogen-bond acceptors (Lipinski definition) is 4. The lowest BCUT2D eigenvalue weighted by Gasteiger charge is -2.13. The minimum atomic E-state index is -1.00. The molecule has 0 spiro atoms. The quantitative estimate of drug-likeness (QED) is 0.637. The molecule has 0 aromatic heterocycles. The highest BCUT2D eigenvalue weighted by molar-refractivity contribution is 5.44. The number of aliphatic hydroxyl groups is 1. The molecule has 4 N–H and O–H groups in total. The van der Waals surface area contributed by atoms with E-state index in [0.29, 0.717) is 11.1 Å². The zero-order valence-corrected chi connectivity index (χ0v) is 8.91. The molecule has 0 saturated heterocycles. The van der Waals surface area contributed by atoms with Gasteiger partial charge in [0.15, 0.2) is 0 Å². The molecule has 0 amide bonds. The zero-order chi connectivity index (χ0) is 12.4. The summed E-state index contributed by atoms with van der Waals surface area (Å²) in [5, 5.41) is 37.9. The van der Waals surface area contributed by atoms with E-state index < -0.39 is 6.10 Å². The summed E-state index contributed by atoms with van der Waals surface area (Å²) in [6, 6.07) is 10.0. The number of phenolic OH excluding ortho intramolecular Hbond substituents is 3. The first-order valence-electron chi connectivity index (χ1n) is 5.07. The Hall–Kier alpha value is -2.20. The Balaban J connectivity index is 2.36.